The highest BCUT2D eigenvalue weighted by Crippen LogP contribution is 2.19. The molecule has 0 saturated carbocycles. The summed E-state index contributed by atoms with van der Waals surface area (Å²) >= 11 is 1.83. The molecule has 0 bridgehead atoms. The summed E-state index contributed by atoms with van der Waals surface area (Å²) in [5.74, 6) is 1.89. The van der Waals surface area contributed by atoms with Crippen molar-refractivity contribution in [1.82, 2.24) is 10.2 Å². The molecule has 2 rings (SSSR count). The van der Waals surface area contributed by atoms with Crippen molar-refractivity contribution in [3.05, 3.63) is 30.3 Å². The van der Waals surface area contributed by atoms with E-state index in [1.807, 2.05) is 31.8 Å². The number of ether oxygens (including phenoxy) is 1. The monoisotopic (exact) mass is 349 g/mol. The number of carbonyl (C=O) groups is 1. The van der Waals surface area contributed by atoms with Crippen LogP contribution in [0.2, 0.25) is 0 Å². The molecule has 0 spiro atoms. The second-order valence-corrected chi connectivity index (χ2v) is 6.82. The van der Waals surface area contributed by atoms with Crippen molar-refractivity contribution < 1.29 is 9.53 Å². The lowest BCUT2D eigenvalue weighted by atomic mass is 9.97. The maximum Gasteiger partial charge on any atom is 0.309 e. The van der Waals surface area contributed by atoms with Crippen LogP contribution in [-0.2, 0) is 9.53 Å². The third-order valence-corrected chi connectivity index (χ3v) is 5.04. The Morgan fingerprint density at radius 3 is 2.67 bits per heavy atom. The number of benzene rings is 1. The Bertz CT molecular complexity index is 528. The fraction of sp³-hybridized carbons (Fsp3) is 0.556. The van der Waals surface area contributed by atoms with E-state index in [1.54, 1.807) is 0 Å². The van der Waals surface area contributed by atoms with E-state index in [2.05, 4.69) is 39.5 Å². The summed E-state index contributed by atoms with van der Waals surface area (Å²) in [7, 11) is 1.81. The molecule has 6 heteroatoms. The molecule has 0 radical (unpaired) electrons. The summed E-state index contributed by atoms with van der Waals surface area (Å²) in [6, 6.07) is 10.4. The predicted octanol–water partition coefficient (Wildman–Crippen LogP) is 2.63. The van der Waals surface area contributed by atoms with Gasteiger partial charge in [0.2, 0.25) is 0 Å². The number of guanidine groups is 1. The number of aliphatic imine (C=N–C) groups is 1. The maximum atomic E-state index is 11.8. The van der Waals surface area contributed by atoms with Crippen LogP contribution in [0.5, 0.6) is 0 Å². The Balaban J connectivity index is 1.70. The van der Waals surface area contributed by atoms with E-state index in [0.29, 0.717) is 6.61 Å². The molecule has 0 amide bonds. The van der Waals surface area contributed by atoms with Gasteiger partial charge in [-0.05, 0) is 31.9 Å². The lowest BCUT2D eigenvalue weighted by molar-refractivity contribution is -0.149. The number of likely N-dealkylation sites (tertiary alicyclic amines) is 1. The first kappa shape index (κ1) is 18.6. The summed E-state index contributed by atoms with van der Waals surface area (Å²) in [4.78, 5) is 19.7. The van der Waals surface area contributed by atoms with Crippen LogP contribution >= 0.6 is 11.8 Å². The first-order valence-corrected chi connectivity index (χ1v) is 9.53. The van der Waals surface area contributed by atoms with Crippen molar-refractivity contribution in [2.45, 2.75) is 24.7 Å². The molecule has 1 aromatic carbocycles. The zero-order chi connectivity index (χ0) is 17.2. The number of nitrogens with one attached hydrogen (secondary N) is 1. The Morgan fingerprint density at radius 1 is 1.33 bits per heavy atom. The van der Waals surface area contributed by atoms with Gasteiger partial charge in [0.15, 0.2) is 5.96 Å². The number of rotatable bonds is 6. The molecule has 0 aromatic heterocycles. The van der Waals surface area contributed by atoms with Gasteiger partial charge in [0, 0.05) is 37.3 Å². The van der Waals surface area contributed by atoms with Crippen molar-refractivity contribution in [2.75, 3.05) is 39.0 Å². The molecule has 132 valence electrons. The summed E-state index contributed by atoms with van der Waals surface area (Å²) in [6.45, 7) is 4.86. The molecular formula is C18H27N3O2S. The van der Waals surface area contributed by atoms with Crippen LogP contribution in [0, 0.1) is 5.92 Å². The largest absolute Gasteiger partial charge is 0.466 e. The summed E-state index contributed by atoms with van der Waals surface area (Å²) in [5, 5.41) is 3.42. The van der Waals surface area contributed by atoms with E-state index in [1.165, 1.54) is 4.90 Å². The normalized spacial score (nSPS) is 16.1. The van der Waals surface area contributed by atoms with E-state index in [-0.39, 0.29) is 11.9 Å². The molecule has 1 saturated heterocycles. The molecule has 1 N–H and O–H groups in total. The Kier molecular flexibility index (Phi) is 7.95. The van der Waals surface area contributed by atoms with Crippen LogP contribution in [0.15, 0.2) is 40.2 Å². The van der Waals surface area contributed by atoms with Crippen molar-refractivity contribution in [1.29, 1.82) is 0 Å². The predicted molar refractivity (Wildman–Crippen MR) is 99.5 cm³/mol. The fourth-order valence-corrected chi connectivity index (χ4v) is 3.56. The lowest BCUT2D eigenvalue weighted by Gasteiger charge is -2.33. The number of esters is 1. The molecule has 0 atom stereocenters. The van der Waals surface area contributed by atoms with Gasteiger partial charge < -0.3 is 15.0 Å². The van der Waals surface area contributed by atoms with Gasteiger partial charge in [-0.25, -0.2) is 0 Å². The molecule has 1 aliphatic rings. The summed E-state index contributed by atoms with van der Waals surface area (Å²) < 4.78 is 5.12. The number of nitrogens with zero attached hydrogens (tertiary/aromatic N) is 2. The van der Waals surface area contributed by atoms with Gasteiger partial charge in [0.25, 0.3) is 0 Å². The zero-order valence-corrected chi connectivity index (χ0v) is 15.3. The number of thioether (sulfide) groups is 1. The van der Waals surface area contributed by atoms with Crippen molar-refractivity contribution in [3.8, 4) is 0 Å². The minimum Gasteiger partial charge on any atom is -0.466 e. The number of hydrogen-bond donors (Lipinski definition) is 1. The molecular weight excluding hydrogens is 322 g/mol. The van der Waals surface area contributed by atoms with E-state index in [0.717, 1.165) is 44.2 Å². The lowest BCUT2D eigenvalue weighted by Crippen LogP contribution is -2.47. The first-order chi connectivity index (χ1) is 11.7. The molecule has 0 unspecified atom stereocenters. The van der Waals surface area contributed by atoms with Crippen molar-refractivity contribution in [3.63, 3.8) is 0 Å². The fourth-order valence-electron chi connectivity index (χ4n) is 2.77. The Hall–Kier alpha value is -1.69. The smallest absolute Gasteiger partial charge is 0.309 e. The average molecular weight is 350 g/mol. The third-order valence-electron chi connectivity index (χ3n) is 4.02. The summed E-state index contributed by atoms with van der Waals surface area (Å²) in [5.41, 5.74) is 0. The molecule has 0 aliphatic carbocycles. The molecule has 1 aliphatic heterocycles. The van der Waals surface area contributed by atoms with Crippen LogP contribution in [0.1, 0.15) is 19.8 Å². The van der Waals surface area contributed by atoms with E-state index < -0.39 is 0 Å². The van der Waals surface area contributed by atoms with Crippen LogP contribution in [0.3, 0.4) is 0 Å². The van der Waals surface area contributed by atoms with Crippen molar-refractivity contribution in [2.24, 2.45) is 10.9 Å². The van der Waals surface area contributed by atoms with E-state index >= 15 is 0 Å². The summed E-state index contributed by atoms with van der Waals surface area (Å²) in [6.07, 6.45) is 1.66. The molecule has 5 nitrogen and oxygen atoms in total. The highest BCUT2D eigenvalue weighted by molar-refractivity contribution is 7.99. The van der Waals surface area contributed by atoms with Gasteiger partial charge in [-0.15, -0.1) is 11.8 Å². The Labute approximate surface area is 148 Å². The Morgan fingerprint density at radius 2 is 2.04 bits per heavy atom. The molecule has 1 heterocycles. The second kappa shape index (κ2) is 10.2. The second-order valence-electron chi connectivity index (χ2n) is 5.65. The van der Waals surface area contributed by atoms with Gasteiger partial charge in [-0.2, -0.15) is 0 Å². The minimum absolute atomic E-state index is 0.0351. The minimum atomic E-state index is -0.0562. The number of hydrogen-bond acceptors (Lipinski definition) is 4. The number of carbonyl (C=O) groups excluding carboxylic acids is 1. The van der Waals surface area contributed by atoms with Crippen LogP contribution < -0.4 is 5.32 Å². The highest BCUT2D eigenvalue weighted by atomic mass is 32.2. The van der Waals surface area contributed by atoms with E-state index in [4.69, 9.17) is 4.74 Å². The molecule has 1 aromatic rings. The van der Waals surface area contributed by atoms with Gasteiger partial charge in [0.05, 0.1) is 12.5 Å². The average Bonchev–Trinajstić information content (AvgIpc) is 2.63. The van der Waals surface area contributed by atoms with Crippen LogP contribution in [0.25, 0.3) is 0 Å². The van der Waals surface area contributed by atoms with Crippen LogP contribution in [0.4, 0.5) is 0 Å². The molecule has 24 heavy (non-hydrogen) atoms. The van der Waals surface area contributed by atoms with Gasteiger partial charge in [0.1, 0.15) is 0 Å². The van der Waals surface area contributed by atoms with Gasteiger partial charge in [-0.1, -0.05) is 18.2 Å². The quantitative estimate of drug-likeness (QED) is 0.281. The van der Waals surface area contributed by atoms with Gasteiger partial charge in [-0.3, -0.25) is 9.79 Å². The topological polar surface area (TPSA) is 53.9 Å². The van der Waals surface area contributed by atoms with E-state index in [9.17, 15) is 4.79 Å². The standard InChI is InChI=1S/C18H27N3O2S/c1-3-23-17(22)15-9-12-21(13-10-15)18(19-2)20-11-14-24-16-7-5-4-6-8-16/h4-8,15H,3,9-14H2,1-2H3,(H,19,20). The maximum absolute atomic E-state index is 11.8. The third kappa shape index (κ3) is 5.74. The number of piperidine rings is 1. The first-order valence-electron chi connectivity index (χ1n) is 8.54. The van der Waals surface area contributed by atoms with Crippen LogP contribution in [-0.4, -0.2) is 55.9 Å². The zero-order valence-electron chi connectivity index (χ0n) is 14.5. The van der Waals surface area contributed by atoms with Gasteiger partial charge >= 0.3 is 5.97 Å². The van der Waals surface area contributed by atoms with Crippen molar-refractivity contribution >= 4 is 23.7 Å². The SMILES string of the molecule is CCOC(=O)C1CCN(C(=NC)NCCSc2ccccc2)CC1. The molecule has 1 fully saturated rings. The highest BCUT2D eigenvalue weighted by Gasteiger charge is 2.27.